The third kappa shape index (κ3) is 4.15. The molecule has 0 spiro atoms. The van der Waals surface area contributed by atoms with Gasteiger partial charge in [0.2, 0.25) is 17.6 Å². The molecule has 7 heteroatoms. The molecule has 0 N–H and O–H groups in total. The molecule has 1 aliphatic rings. The van der Waals surface area contributed by atoms with Crippen LogP contribution in [0.2, 0.25) is 0 Å². The summed E-state index contributed by atoms with van der Waals surface area (Å²) in [6.45, 7) is 5.78. The van der Waals surface area contributed by atoms with E-state index in [1.165, 1.54) is 0 Å². The van der Waals surface area contributed by atoms with Crippen LogP contribution in [0.5, 0.6) is 0 Å². The van der Waals surface area contributed by atoms with Crippen LogP contribution in [0.15, 0.2) is 23.1 Å². The predicted molar refractivity (Wildman–Crippen MR) is 87.8 cm³/mol. The molecule has 1 amide bonds. The fourth-order valence-electron chi connectivity index (χ4n) is 3.04. The van der Waals surface area contributed by atoms with E-state index < -0.39 is 0 Å². The minimum absolute atomic E-state index is 0.250. The number of carbonyl (C=O) groups is 1. The number of amides is 1. The second kappa shape index (κ2) is 7.51. The van der Waals surface area contributed by atoms with Gasteiger partial charge >= 0.3 is 0 Å². The second-order valence-electron chi connectivity index (χ2n) is 6.75. The quantitative estimate of drug-likeness (QED) is 0.837. The zero-order chi connectivity index (χ0) is 16.9. The largest absolute Gasteiger partial charge is 0.342 e. The fraction of sp³-hybridized carbons (Fsp3) is 0.588. The number of carbonyl (C=O) groups excluding carboxylic acids is 1. The van der Waals surface area contributed by atoms with Crippen molar-refractivity contribution in [3.05, 3.63) is 24.5 Å². The summed E-state index contributed by atoms with van der Waals surface area (Å²) in [5.41, 5.74) is 0.602. The maximum Gasteiger partial charge on any atom is 0.227 e. The minimum atomic E-state index is 0.250. The van der Waals surface area contributed by atoms with Gasteiger partial charge < -0.3 is 9.42 Å². The molecule has 1 fully saturated rings. The van der Waals surface area contributed by atoms with Crippen molar-refractivity contribution in [1.82, 2.24) is 25.0 Å². The van der Waals surface area contributed by atoms with Crippen molar-refractivity contribution in [2.75, 3.05) is 13.1 Å². The van der Waals surface area contributed by atoms with Gasteiger partial charge in [-0.15, -0.1) is 0 Å². The van der Waals surface area contributed by atoms with Crippen molar-refractivity contribution >= 4 is 5.91 Å². The molecule has 2 aromatic rings. The van der Waals surface area contributed by atoms with Gasteiger partial charge in [0.05, 0.1) is 6.20 Å². The Balaban J connectivity index is 1.60. The van der Waals surface area contributed by atoms with Gasteiger partial charge in [0.15, 0.2) is 0 Å². The van der Waals surface area contributed by atoms with Crippen molar-refractivity contribution in [3.8, 4) is 11.5 Å². The average molecular weight is 329 g/mol. The van der Waals surface area contributed by atoms with Gasteiger partial charge in [-0.3, -0.25) is 9.78 Å². The van der Waals surface area contributed by atoms with Crippen molar-refractivity contribution in [1.29, 1.82) is 0 Å². The summed E-state index contributed by atoms with van der Waals surface area (Å²) in [6.07, 6.45) is 8.23. The van der Waals surface area contributed by atoms with Crippen LogP contribution >= 0.6 is 0 Å². The highest BCUT2D eigenvalue weighted by Crippen LogP contribution is 2.22. The molecule has 0 aromatic carbocycles. The van der Waals surface area contributed by atoms with Gasteiger partial charge in [0.1, 0.15) is 5.69 Å². The molecule has 3 rings (SSSR count). The summed E-state index contributed by atoms with van der Waals surface area (Å²) < 4.78 is 5.35. The van der Waals surface area contributed by atoms with E-state index in [9.17, 15) is 4.79 Å². The van der Waals surface area contributed by atoms with E-state index in [1.54, 1.807) is 18.6 Å². The van der Waals surface area contributed by atoms with E-state index in [2.05, 4.69) is 34.0 Å². The van der Waals surface area contributed by atoms with E-state index in [-0.39, 0.29) is 5.91 Å². The monoisotopic (exact) mass is 329 g/mol. The molecule has 24 heavy (non-hydrogen) atoms. The van der Waals surface area contributed by atoms with Gasteiger partial charge in [0.25, 0.3) is 0 Å². The van der Waals surface area contributed by atoms with Crippen LogP contribution in [0.1, 0.15) is 39.0 Å². The van der Waals surface area contributed by atoms with E-state index >= 15 is 0 Å². The normalized spacial score (nSPS) is 18.1. The highest BCUT2D eigenvalue weighted by atomic mass is 16.5. The predicted octanol–water partition coefficient (Wildman–Crippen LogP) is 2.35. The van der Waals surface area contributed by atoms with Crippen LogP contribution in [0, 0.1) is 11.8 Å². The van der Waals surface area contributed by atoms with Gasteiger partial charge in [-0.1, -0.05) is 19.0 Å². The smallest absolute Gasteiger partial charge is 0.227 e. The zero-order valence-electron chi connectivity index (χ0n) is 14.2. The third-order valence-electron chi connectivity index (χ3n) is 4.18. The molecular weight excluding hydrogens is 306 g/mol. The van der Waals surface area contributed by atoms with E-state index in [4.69, 9.17) is 4.52 Å². The summed E-state index contributed by atoms with van der Waals surface area (Å²) in [7, 11) is 0. The van der Waals surface area contributed by atoms with Gasteiger partial charge in [-0.05, 0) is 24.7 Å². The molecule has 7 nitrogen and oxygen atoms in total. The van der Waals surface area contributed by atoms with Gasteiger partial charge in [0, 0.05) is 38.3 Å². The molecule has 1 aliphatic heterocycles. The minimum Gasteiger partial charge on any atom is -0.342 e. The summed E-state index contributed by atoms with van der Waals surface area (Å²) >= 11 is 0. The number of aromatic nitrogens is 4. The first-order chi connectivity index (χ1) is 11.6. The standard InChI is InChI=1S/C17H23N5O2/c1-12(2)8-16(23)22-7-3-4-13(11-22)9-15-20-17(21-24-15)14-10-18-5-6-19-14/h5-6,10,12-13H,3-4,7-9,11H2,1-2H3. The summed E-state index contributed by atoms with van der Waals surface area (Å²) in [5.74, 6) is 2.06. The Morgan fingerprint density at radius 1 is 1.42 bits per heavy atom. The van der Waals surface area contributed by atoms with Crippen LogP contribution in [0.3, 0.4) is 0 Å². The lowest BCUT2D eigenvalue weighted by Gasteiger charge is -2.32. The fourth-order valence-corrected chi connectivity index (χ4v) is 3.04. The molecule has 0 saturated carbocycles. The lowest BCUT2D eigenvalue weighted by Crippen LogP contribution is -2.40. The molecule has 2 aromatic heterocycles. The molecular formula is C17H23N5O2. The van der Waals surface area contributed by atoms with Gasteiger partial charge in [-0.2, -0.15) is 4.98 Å². The first-order valence-electron chi connectivity index (χ1n) is 8.48. The number of nitrogens with zero attached hydrogens (tertiary/aromatic N) is 5. The lowest BCUT2D eigenvalue weighted by molar-refractivity contribution is -0.133. The molecule has 1 saturated heterocycles. The van der Waals surface area contributed by atoms with E-state index in [1.807, 2.05) is 4.90 Å². The van der Waals surface area contributed by atoms with Crippen LogP contribution in [-0.4, -0.2) is 44.0 Å². The highest BCUT2D eigenvalue weighted by Gasteiger charge is 2.25. The Bertz CT molecular complexity index is 671. The summed E-state index contributed by atoms with van der Waals surface area (Å²) in [6, 6.07) is 0. The summed E-state index contributed by atoms with van der Waals surface area (Å²) in [4.78, 5) is 26.8. The van der Waals surface area contributed by atoms with Crippen LogP contribution in [-0.2, 0) is 11.2 Å². The number of hydrogen-bond donors (Lipinski definition) is 0. The average Bonchev–Trinajstić information content (AvgIpc) is 3.04. The molecule has 0 radical (unpaired) electrons. The Kier molecular flexibility index (Phi) is 5.17. The molecule has 3 heterocycles. The topological polar surface area (TPSA) is 85.0 Å². The first-order valence-corrected chi connectivity index (χ1v) is 8.48. The molecule has 128 valence electrons. The maximum atomic E-state index is 12.3. The lowest BCUT2D eigenvalue weighted by atomic mass is 9.94. The van der Waals surface area contributed by atoms with Crippen molar-refractivity contribution in [2.24, 2.45) is 11.8 Å². The van der Waals surface area contributed by atoms with E-state index in [0.29, 0.717) is 42.1 Å². The van der Waals surface area contributed by atoms with Crippen molar-refractivity contribution in [2.45, 2.75) is 39.5 Å². The molecule has 1 atom stereocenters. The van der Waals surface area contributed by atoms with Crippen molar-refractivity contribution in [3.63, 3.8) is 0 Å². The number of likely N-dealkylation sites (tertiary alicyclic amines) is 1. The third-order valence-corrected chi connectivity index (χ3v) is 4.18. The number of hydrogen-bond acceptors (Lipinski definition) is 6. The molecule has 0 bridgehead atoms. The number of rotatable bonds is 5. The SMILES string of the molecule is CC(C)CC(=O)N1CCCC(Cc2nc(-c3cnccn3)no2)C1. The Labute approximate surface area is 141 Å². The first kappa shape index (κ1) is 16.5. The Morgan fingerprint density at radius 3 is 3.04 bits per heavy atom. The van der Waals surface area contributed by atoms with Crippen LogP contribution in [0.4, 0.5) is 0 Å². The summed E-state index contributed by atoms with van der Waals surface area (Å²) in [5, 5.41) is 3.98. The number of piperidine rings is 1. The van der Waals surface area contributed by atoms with E-state index in [0.717, 1.165) is 25.9 Å². The van der Waals surface area contributed by atoms with Gasteiger partial charge in [-0.25, -0.2) is 4.98 Å². The Morgan fingerprint density at radius 2 is 2.29 bits per heavy atom. The Hall–Kier alpha value is -2.31. The maximum absolute atomic E-state index is 12.3. The van der Waals surface area contributed by atoms with Crippen molar-refractivity contribution < 1.29 is 9.32 Å². The highest BCUT2D eigenvalue weighted by molar-refractivity contribution is 5.76. The second-order valence-corrected chi connectivity index (χ2v) is 6.75. The zero-order valence-corrected chi connectivity index (χ0v) is 14.2. The molecule has 0 aliphatic carbocycles. The van der Waals surface area contributed by atoms with Crippen LogP contribution < -0.4 is 0 Å². The molecule has 1 unspecified atom stereocenters. The van der Waals surface area contributed by atoms with Crippen LogP contribution in [0.25, 0.3) is 11.5 Å².